The molecule has 0 aliphatic carbocycles. The largest absolute Gasteiger partial charge is 0.464 e. The lowest BCUT2D eigenvalue weighted by Gasteiger charge is -2.13. The molecule has 86 valence electrons. The van der Waals surface area contributed by atoms with Gasteiger partial charge in [-0.15, -0.1) is 0 Å². The Kier molecular flexibility index (Phi) is 6.08. The van der Waals surface area contributed by atoms with Crippen LogP contribution < -0.4 is 5.32 Å². The van der Waals surface area contributed by atoms with Crippen LogP contribution >= 0.6 is 0 Å². The maximum atomic E-state index is 11.2. The molecule has 15 heavy (non-hydrogen) atoms. The van der Waals surface area contributed by atoms with Crippen LogP contribution in [0.4, 0.5) is 4.79 Å². The number of hydrogen-bond acceptors (Lipinski definition) is 5. The monoisotopic (exact) mass is 217 g/mol. The summed E-state index contributed by atoms with van der Waals surface area (Å²) in [7, 11) is 0. The van der Waals surface area contributed by atoms with Crippen LogP contribution in [-0.4, -0.2) is 37.1 Å². The molecule has 6 heteroatoms. The van der Waals surface area contributed by atoms with Gasteiger partial charge in [0.25, 0.3) is 0 Å². The molecule has 1 N–H and O–H groups in total. The van der Waals surface area contributed by atoms with Gasteiger partial charge in [0.05, 0.1) is 13.2 Å². The molecule has 1 atom stereocenters. The van der Waals surface area contributed by atoms with Crippen LogP contribution in [0, 0.1) is 0 Å². The van der Waals surface area contributed by atoms with Crippen molar-refractivity contribution < 1.29 is 23.9 Å². The van der Waals surface area contributed by atoms with Gasteiger partial charge in [-0.2, -0.15) is 0 Å². The van der Waals surface area contributed by atoms with E-state index in [1.807, 2.05) is 0 Å². The van der Waals surface area contributed by atoms with Gasteiger partial charge in [0.2, 0.25) is 0 Å². The lowest BCUT2D eigenvalue weighted by molar-refractivity contribution is -0.148. The number of esters is 1. The Morgan fingerprint density at radius 1 is 1.13 bits per heavy atom. The third-order valence-corrected chi connectivity index (χ3v) is 1.47. The number of amides is 1. The quantitative estimate of drug-likeness (QED) is 0.527. The molecular formula is C9H15NO5. The number of nitrogens with one attached hydrogen (secondary N) is 1. The number of ketones is 1. The van der Waals surface area contributed by atoms with Gasteiger partial charge in [-0.05, 0) is 20.8 Å². The first-order valence-corrected chi connectivity index (χ1v) is 4.63. The van der Waals surface area contributed by atoms with E-state index in [1.54, 1.807) is 13.8 Å². The Hall–Kier alpha value is -1.59. The molecule has 0 aliphatic rings. The second-order valence-electron chi connectivity index (χ2n) is 2.66. The lowest BCUT2D eigenvalue weighted by Crippen LogP contribution is -2.46. The Morgan fingerprint density at radius 2 is 1.67 bits per heavy atom. The van der Waals surface area contributed by atoms with Gasteiger partial charge in [0, 0.05) is 0 Å². The first kappa shape index (κ1) is 13.4. The van der Waals surface area contributed by atoms with Gasteiger partial charge in [-0.1, -0.05) is 0 Å². The third kappa shape index (κ3) is 4.99. The van der Waals surface area contributed by atoms with Crippen LogP contribution in [0.5, 0.6) is 0 Å². The van der Waals surface area contributed by atoms with Crippen molar-refractivity contribution in [2.45, 2.75) is 26.8 Å². The molecule has 0 heterocycles. The maximum Gasteiger partial charge on any atom is 0.408 e. The lowest BCUT2D eigenvalue weighted by atomic mass is 10.2. The van der Waals surface area contributed by atoms with E-state index in [4.69, 9.17) is 0 Å². The van der Waals surface area contributed by atoms with Crippen LogP contribution in [-0.2, 0) is 19.1 Å². The zero-order valence-electron chi connectivity index (χ0n) is 9.03. The molecule has 0 unspecified atom stereocenters. The summed E-state index contributed by atoms with van der Waals surface area (Å²) in [6.07, 6.45) is -0.814. The molecular weight excluding hydrogens is 202 g/mol. The molecule has 0 radical (unpaired) electrons. The van der Waals surface area contributed by atoms with Crippen molar-refractivity contribution in [3.8, 4) is 0 Å². The van der Waals surface area contributed by atoms with Crippen molar-refractivity contribution in [2.24, 2.45) is 0 Å². The Morgan fingerprint density at radius 3 is 2.07 bits per heavy atom. The molecule has 0 fully saturated rings. The van der Waals surface area contributed by atoms with Crippen LogP contribution in [0.25, 0.3) is 0 Å². The highest BCUT2D eigenvalue weighted by atomic mass is 16.6. The zero-order chi connectivity index (χ0) is 11.8. The van der Waals surface area contributed by atoms with E-state index >= 15 is 0 Å². The second-order valence-corrected chi connectivity index (χ2v) is 2.66. The van der Waals surface area contributed by atoms with Crippen molar-refractivity contribution in [3.05, 3.63) is 0 Å². The molecule has 0 bridgehead atoms. The number of carbonyl (C=O) groups is 3. The van der Waals surface area contributed by atoms with E-state index in [1.165, 1.54) is 6.92 Å². The average Bonchev–Trinajstić information content (AvgIpc) is 2.14. The summed E-state index contributed by atoms with van der Waals surface area (Å²) < 4.78 is 9.16. The Bertz CT molecular complexity index is 251. The molecule has 0 spiro atoms. The van der Waals surface area contributed by atoms with Crippen LogP contribution in [0.3, 0.4) is 0 Å². The SMILES string of the molecule is CCOC(=O)N[C@@H](C(C)=O)C(=O)OCC. The van der Waals surface area contributed by atoms with Gasteiger partial charge < -0.3 is 14.8 Å². The van der Waals surface area contributed by atoms with Gasteiger partial charge in [-0.3, -0.25) is 4.79 Å². The smallest absolute Gasteiger partial charge is 0.408 e. The number of rotatable bonds is 5. The number of hydrogen-bond donors (Lipinski definition) is 1. The van der Waals surface area contributed by atoms with E-state index in [-0.39, 0.29) is 13.2 Å². The predicted molar refractivity (Wildman–Crippen MR) is 51.3 cm³/mol. The van der Waals surface area contributed by atoms with Crippen LogP contribution in [0.2, 0.25) is 0 Å². The van der Waals surface area contributed by atoms with E-state index in [2.05, 4.69) is 14.8 Å². The number of alkyl carbamates (subject to hydrolysis) is 1. The fourth-order valence-electron chi connectivity index (χ4n) is 0.843. The standard InChI is InChI=1S/C9H15NO5/c1-4-14-8(12)7(6(3)11)10-9(13)15-5-2/h7H,4-5H2,1-3H3,(H,10,13)/t7-/m0/s1. The van der Waals surface area contributed by atoms with Crippen molar-refractivity contribution in [1.29, 1.82) is 0 Å². The zero-order valence-corrected chi connectivity index (χ0v) is 9.03. The highest BCUT2D eigenvalue weighted by Gasteiger charge is 2.26. The molecule has 0 aliphatic heterocycles. The van der Waals surface area contributed by atoms with E-state index in [0.29, 0.717) is 0 Å². The average molecular weight is 217 g/mol. The summed E-state index contributed by atoms with van der Waals surface area (Å²) in [6, 6.07) is -1.29. The molecule has 0 aromatic carbocycles. The Balaban J connectivity index is 4.34. The fraction of sp³-hybridized carbons (Fsp3) is 0.667. The van der Waals surface area contributed by atoms with Crippen LogP contribution in [0.1, 0.15) is 20.8 Å². The first-order chi connectivity index (χ1) is 7.02. The van der Waals surface area contributed by atoms with Gasteiger partial charge in [-0.25, -0.2) is 9.59 Å². The minimum absolute atomic E-state index is 0.146. The van der Waals surface area contributed by atoms with Gasteiger partial charge in [0.1, 0.15) is 0 Å². The normalized spacial score (nSPS) is 11.4. The Labute approximate surface area is 87.9 Å². The van der Waals surface area contributed by atoms with Crippen molar-refractivity contribution in [2.75, 3.05) is 13.2 Å². The van der Waals surface area contributed by atoms with Crippen molar-refractivity contribution >= 4 is 17.8 Å². The predicted octanol–water partition coefficient (Wildman–Crippen LogP) is 0.253. The number of Topliss-reactive ketones (excluding diaryl/α,β-unsaturated/α-hetero) is 1. The minimum Gasteiger partial charge on any atom is -0.464 e. The molecule has 0 saturated carbocycles. The highest BCUT2D eigenvalue weighted by molar-refractivity contribution is 6.04. The number of carbonyl (C=O) groups excluding carboxylic acids is 3. The van der Waals surface area contributed by atoms with E-state index in [9.17, 15) is 14.4 Å². The summed E-state index contributed by atoms with van der Waals surface area (Å²) >= 11 is 0. The minimum atomic E-state index is -1.29. The van der Waals surface area contributed by atoms with Crippen molar-refractivity contribution in [3.63, 3.8) is 0 Å². The summed E-state index contributed by atoms with van der Waals surface area (Å²) in [5.41, 5.74) is 0. The summed E-state index contributed by atoms with van der Waals surface area (Å²) in [5.74, 6) is -1.28. The van der Waals surface area contributed by atoms with Gasteiger partial charge >= 0.3 is 12.1 Å². The third-order valence-electron chi connectivity index (χ3n) is 1.47. The molecule has 0 saturated heterocycles. The maximum absolute atomic E-state index is 11.2. The molecule has 1 amide bonds. The summed E-state index contributed by atoms with van der Waals surface area (Å²) in [5, 5.41) is 2.12. The highest BCUT2D eigenvalue weighted by Crippen LogP contribution is 1.93. The summed E-state index contributed by atoms with van der Waals surface area (Å²) in [4.78, 5) is 33.2. The summed E-state index contributed by atoms with van der Waals surface area (Å²) in [6.45, 7) is 4.73. The molecule has 6 nitrogen and oxygen atoms in total. The number of ether oxygens (including phenoxy) is 2. The van der Waals surface area contributed by atoms with E-state index < -0.39 is 23.9 Å². The topological polar surface area (TPSA) is 81.7 Å². The van der Waals surface area contributed by atoms with Crippen LogP contribution in [0.15, 0.2) is 0 Å². The van der Waals surface area contributed by atoms with Crippen molar-refractivity contribution in [1.82, 2.24) is 5.32 Å². The molecule has 0 aromatic rings. The van der Waals surface area contributed by atoms with Gasteiger partial charge in [0.15, 0.2) is 11.8 Å². The van der Waals surface area contributed by atoms with E-state index in [0.717, 1.165) is 0 Å². The first-order valence-electron chi connectivity index (χ1n) is 4.63. The second kappa shape index (κ2) is 6.80. The molecule has 0 rings (SSSR count). The molecule has 0 aromatic heterocycles. The fourth-order valence-corrected chi connectivity index (χ4v) is 0.843.